The van der Waals surface area contributed by atoms with Crippen molar-refractivity contribution in [2.45, 2.75) is 13.5 Å². The predicted octanol–water partition coefficient (Wildman–Crippen LogP) is 4.15. The van der Waals surface area contributed by atoms with E-state index in [1.54, 1.807) is 29.2 Å². The predicted molar refractivity (Wildman–Crippen MR) is 132 cm³/mol. The van der Waals surface area contributed by atoms with Crippen LogP contribution in [-0.2, 0) is 11.3 Å². The van der Waals surface area contributed by atoms with E-state index >= 15 is 0 Å². The number of carbonyl (C=O) groups excluding carboxylic acids is 1. The number of nitrogens with zero attached hydrogens (tertiary/aromatic N) is 4. The minimum absolute atomic E-state index is 0.243. The second kappa shape index (κ2) is 10.1. The molecule has 1 N–H and O–H groups in total. The van der Waals surface area contributed by atoms with Gasteiger partial charge in [-0.1, -0.05) is 29.8 Å². The van der Waals surface area contributed by atoms with Gasteiger partial charge in [0.05, 0.1) is 24.5 Å². The van der Waals surface area contributed by atoms with Gasteiger partial charge in [0.25, 0.3) is 5.91 Å². The van der Waals surface area contributed by atoms with Gasteiger partial charge in [-0.05, 0) is 48.9 Å². The van der Waals surface area contributed by atoms with Crippen LogP contribution >= 0.6 is 0 Å². The van der Waals surface area contributed by atoms with E-state index in [9.17, 15) is 9.18 Å². The Hall–Kier alpha value is -4.04. The number of amides is 1. The van der Waals surface area contributed by atoms with Crippen LogP contribution in [-0.4, -0.2) is 47.0 Å². The Morgan fingerprint density at radius 3 is 2.60 bits per heavy atom. The molecule has 2 aromatic carbocycles. The minimum Gasteiger partial charge on any atom is -0.378 e. The normalized spacial score (nSPS) is 13.6. The third-order valence-corrected chi connectivity index (χ3v) is 5.94. The van der Waals surface area contributed by atoms with Crippen molar-refractivity contribution in [2.75, 3.05) is 31.2 Å². The van der Waals surface area contributed by atoms with Crippen LogP contribution in [0.15, 0.2) is 73.1 Å². The second-order valence-corrected chi connectivity index (χ2v) is 8.49. The highest BCUT2D eigenvalue weighted by molar-refractivity contribution is 6.00. The molecule has 1 amide bonds. The maximum absolute atomic E-state index is 13.4. The van der Waals surface area contributed by atoms with Crippen molar-refractivity contribution in [3.05, 3.63) is 95.6 Å². The number of aryl methyl sites for hydroxylation is 1. The number of ether oxygens (including phenoxy) is 1. The standard InChI is InChI=1S/C27H26FN5O2/c1-19-3-2-4-21(15-19)26-24(18-33(31-26)23-8-6-22(28)7-9-23)27(34)30-17-20-5-10-25(29-16-20)32-11-13-35-14-12-32/h2-10,15-16,18H,11-14,17H2,1H3,(H,30,34). The van der Waals surface area contributed by atoms with Crippen molar-refractivity contribution >= 4 is 11.7 Å². The van der Waals surface area contributed by atoms with Gasteiger partial charge in [0.15, 0.2) is 0 Å². The first-order valence-electron chi connectivity index (χ1n) is 11.6. The molecule has 0 spiro atoms. The summed E-state index contributed by atoms with van der Waals surface area (Å²) >= 11 is 0. The first kappa shape index (κ1) is 22.7. The van der Waals surface area contributed by atoms with E-state index in [4.69, 9.17) is 4.74 Å². The van der Waals surface area contributed by atoms with Gasteiger partial charge in [0, 0.05) is 37.6 Å². The summed E-state index contributed by atoms with van der Waals surface area (Å²) in [6, 6.07) is 17.8. The topological polar surface area (TPSA) is 72.3 Å². The molecule has 3 heterocycles. The molecule has 1 fully saturated rings. The van der Waals surface area contributed by atoms with Crippen LogP contribution in [0.2, 0.25) is 0 Å². The van der Waals surface area contributed by atoms with Gasteiger partial charge < -0.3 is 15.0 Å². The number of carbonyl (C=O) groups is 1. The number of hydrogen-bond donors (Lipinski definition) is 1. The number of benzene rings is 2. The molecule has 35 heavy (non-hydrogen) atoms. The van der Waals surface area contributed by atoms with Crippen molar-refractivity contribution in [1.82, 2.24) is 20.1 Å². The van der Waals surface area contributed by atoms with Crippen molar-refractivity contribution in [3.63, 3.8) is 0 Å². The van der Waals surface area contributed by atoms with E-state index < -0.39 is 0 Å². The van der Waals surface area contributed by atoms with E-state index in [1.165, 1.54) is 12.1 Å². The van der Waals surface area contributed by atoms with Gasteiger partial charge >= 0.3 is 0 Å². The zero-order valence-corrected chi connectivity index (χ0v) is 19.4. The number of pyridine rings is 1. The Balaban J connectivity index is 1.36. The molecular formula is C27H26FN5O2. The molecule has 2 aromatic heterocycles. The van der Waals surface area contributed by atoms with E-state index in [1.807, 2.05) is 43.3 Å². The fourth-order valence-corrected chi connectivity index (χ4v) is 4.05. The number of hydrogen-bond acceptors (Lipinski definition) is 5. The zero-order valence-electron chi connectivity index (χ0n) is 19.4. The molecule has 178 valence electrons. The lowest BCUT2D eigenvalue weighted by Crippen LogP contribution is -2.36. The lowest BCUT2D eigenvalue weighted by atomic mass is 10.1. The van der Waals surface area contributed by atoms with Gasteiger partial charge in [-0.2, -0.15) is 5.10 Å². The van der Waals surface area contributed by atoms with E-state index in [2.05, 4.69) is 20.3 Å². The number of anilines is 1. The third-order valence-electron chi connectivity index (χ3n) is 5.94. The Morgan fingerprint density at radius 2 is 1.89 bits per heavy atom. The Labute approximate surface area is 203 Å². The van der Waals surface area contributed by atoms with Gasteiger partial charge in [0.1, 0.15) is 17.3 Å². The van der Waals surface area contributed by atoms with Crippen molar-refractivity contribution in [1.29, 1.82) is 0 Å². The molecule has 0 atom stereocenters. The first-order chi connectivity index (χ1) is 17.1. The number of halogens is 1. The second-order valence-electron chi connectivity index (χ2n) is 8.49. The summed E-state index contributed by atoms with van der Waals surface area (Å²) in [6.07, 6.45) is 3.47. The number of morpholine rings is 1. The van der Waals surface area contributed by atoms with Gasteiger partial charge in [0.2, 0.25) is 0 Å². The largest absolute Gasteiger partial charge is 0.378 e. The lowest BCUT2D eigenvalue weighted by Gasteiger charge is -2.27. The highest BCUT2D eigenvalue weighted by Gasteiger charge is 2.19. The van der Waals surface area contributed by atoms with Crippen LogP contribution in [0, 0.1) is 12.7 Å². The lowest BCUT2D eigenvalue weighted by molar-refractivity contribution is 0.0951. The van der Waals surface area contributed by atoms with Crippen LogP contribution in [0.25, 0.3) is 16.9 Å². The number of nitrogens with one attached hydrogen (secondary N) is 1. The average Bonchev–Trinajstić information content (AvgIpc) is 3.34. The summed E-state index contributed by atoms with van der Waals surface area (Å²) in [4.78, 5) is 20.0. The van der Waals surface area contributed by atoms with Crippen molar-refractivity contribution in [3.8, 4) is 16.9 Å². The Morgan fingerprint density at radius 1 is 1.09 bits per heavy atom. The summed E-state index contributed by atoms with van der Waals surface area (Å²) in [5, 5.41) is 7.65. The third kappa shape index (κ3) is 5.22. The molecule has 0 aliphatic carbocycles. The van der Waals surface area contributed by atoms with Crippen LogP contribution in [0.3, 0.4) is 0 Å². The maximum Gasteiger partial charge on any atom is 0.255 e. The van der Waals surface area contributed by atoms with Crippen LogP contribution in [0.1, 0.15) is 21.5 Å². The average molecular weight is 472 g/mol. The van der Waals surface area contributed by atoms with Gasteiger partial charge in [-0.15, -0.1) is 0 Å². The molecule has 8 heteroatoms. The highest BCUT2D eigenvalue weighted by Crippen LogP contribution is 2.25. The summed E-state index contributed by atoms with van der Waals surface area (Å²) in [5.41, 5.74) is 4.49. The van der Waals surface area contributed by atoms with Gasteiger partial charge in [-0.3, -0.25) is 4.79 Å². The van der Waals surface area contributed by atoms with E-state index in [-0.39, 0.29) is 11.7 Å². The van der Waals surface area contributed by atoms with Crippen molar-refractivity contribution < 1.29 is 13.9 Å². The highest BCUT2D eigenvalue weighted by atomic mass is 19.1. The van der Waals surface area contributed by atoms with Crippen LogP contribution < -0.4 is 10.2 Å². The van der Waals surface area contributed by atoms with Crippen molar-refractivity contribution in [2.24, 2.45) is 0 Å². The fourth-order valence-electron chi connectivity index (χ4n) is 4.05. The fraction of sp³-hybridized carbons (Fsp3) is 0.222. The molecule has 0 saturated carbocycles. The smallest absolute Gasteiger partial charge is 0.255 e. The molecule has 4 aromatic rings. The molecule has 0 bridgehead atoms. The Kier molecular flexibility index (Phi) is 6.54. The van der Waals surface area contributed by atoms with Gasteiger partial charge in [-0.25, -0.2) is 14.1 Å². The molecular weight excluding hydrogens is 445 g/mol. The van der Waals surface area contributed by atoms with Crippen LogP contribution in [0.5, 0.6) is 0 Å². The number of rotatable bonds is 6. The SMILES string of the molecule is Cc1cccc(-c2nn(-c3ccc(F)cc3)cc2C(=O)NCc2ccc(N3CCOCC3)nc2)c1. The molecule has 5 rings (SSSR count). The molecule has 1 aliphatic rings. The summed E-state index contributed by atoms with van der Waals surface area (Å²) in [5.74, 6) is 0.337. The molecule has 1 saturated heterocycles. The molecule has 0 radical (unpaired) electrons. The monoisotopic (exact) mass is 471 g/mol. The summed E-state index contributed by atoms with van der Waals surface area (Å²) in [7, 11) is 0. The summed E-state index contributed by atoms with van der Waals surface area (Å²) in [6.45, 7) is 5.38. The van der Waals surface area contributed by atoms with E-state index in [0.717, 1.165) is 35.6 Å². The zero-order chi connectivity index (χ0) is 24.2. The molecule has 0 unspecified atom stereocenters. The quantitative estimate of drug-likeness (QED) is 0.458. The minimum atomic E-state index is -0.328. The Bertz CT molecular complexity index is 1310. The molecule has 1 aliphatic heterocycles. The maximum atomic E-state index is 13.4. The van der Waals surface area contributed by atoms with E-state index in [0.29, 0.717) is 36.7 Å². The summed E-state index contributed by atoms with van der Waals surface area (Å²) < 4.78 is 20.4. The number of aromatic nitrogens is 3. The molecule has 7 nitrogen and oxygen atoms in total. The van der Waals surface area contributed by atoms with Crippen LogP contribution in [0.4, 0.5) is 10.2 Å². The first-order valence-corrected chi connectivity index (χ1v) is 11.6.